The highest BCUT2D eigenvalue weighted by Gasteiger charge is 1.95. The first-order valence-electron chi connectivity index (χ1n) is 3.60. The van der Waals surface area contributed by atoms with Gasteiger partial charge in [0.15, 0.2) is 0 Å². The molecule has 0 saturated carbocycles. The number of H-pyrrole nitrogens is 1. The molecule has 2 aromatic rings. The summed E-state index contributed by atoms with van der Waals surface area (Å²) in [6.07, 6.45) is 0. The van der Waals surface area contributed by atoms with E-state index >= 15 is 0 Å². The first kappa shape index (κ1) is 6.28. The van der Waals surface area contributed by atoms with E-state index in [1.54, 1.807) is 0 Å². The van der Waals surface area contributed by atoms with E-state index in [0.29, 0.717) is 0 Å². The van der Waals surface area contributed by atoms with Crippen LogP contribution >= 0.6 is 0 Å². The lowest BCUT2D eigenvalue weighted by molar-refractivity contribution is 1.46. The molecule has 3 N–H and O–H groups in total. The van der Waals surface area contributed by atoms with Gasteiger partial charge in [-0.25, -0.2) is 0 Å². The monoisotopic (exact) mass is 146 g/mol. The number of aromatic amines is 1. The minimum Gasteiger partial charge on any atom is -0.385 e. The van der Waals surface area contributed by atoms with Crippen molar-refractivity contribution in [3.8, 4) is 0 Å². The summed E-state index contributed by atoms with van der Waals surface area (Å²) < 4.78 is 0. The van der Waals surface area contributed by atoms with Crippen molar-refractivity contribution in [2.45, 2.75) is 6.92 Å². The zero-order chi connectivity index (χ0) is 7.84. The summed E-state index contributed by atoms with van der Waals surface area (Å²) in [5.74, 6) is 0.727. The molecule has 0 aliphatic rings. The van der Waals surface area contributed by atoms with Gasteiger partial charge in [0.1, 0.15) is 5.82 Å². The van der Waals surface area contributed by atoms with Crippen LogP contribution in [0.5, 0.6) is 0 Å². The molecule has 1 aromatic heterocycles. The second kappa shape index (κ2) is 2.02. The van der Waals surface area contributed by atoms with Gasteiger partial charge in [0.25, 0.3) is 0 Å². The maximum Gasteiger partial charge on any atom is 0.101 e. The van der Waals surface area contributed by atoms with Crippen molar-refractivity contribution < 1.29 is 0 Å². The Morgan fingerprint density at radius 3 is 2.91 bits per heavy atom. The molecule has 0 saturated heterocycles. The molecule has 1 heterocycles. The second-order valence-electron chi connectivity index (χ2n) is 2.82. The van der Waals surface area contributed by atoms with Crippen molar-refractivity contribution in [2.24, 2.45) is 0 Å². The predicted octanol–water partition coefficient (Wildman–Crippen LogP) is 2.06. The fourth-order valence-electron chi connectivity index (χ4n) is 1.27. The number of fused-ring (bicyclic) bond motifs is 1. The van der Waals surface area contributed by atoms with Crippen LogP contribution in [0.2, 0.25) is 0 Å². The van der Waals surface area contributed by atoms with E-state index in [4.69, 9.17) is 5.73 Å². The number of nitrogen functional groups attached to an aromatic ring is 1. The molecule has 2 heteroatoms. The van der Waals surface area contributed by atoms with Crippen molar-refractivity contribution in [1.82, 2.24) is 4.98 Å². The molecular formula is C9H10N2. The SMILES string of the molecule is Cc1ccc2[nH]c(N)cc2c1. The van der Waals surface area contributed by atoms with Crippen molar-refractivity contribution in [3.05, 3.63) is 29.8 Å². The Morgan fingerprint density at radius 2 is 2.09 bits per heavy atom. The molecule has 2 rings (SSSR count). The van der Waals surface area contributed by atoms with E-state index in [1.165, 1.54) is 10.9 Å². The van der Waals surface area contributed by atoms with Crippen molar-refractivity contribution in [1.29, 1.82) is 0 Å². The number of hydrogen-bond acceptors (Lipinski definition) is 1. The smallest absolute Gasteiger partial charge is 0.101 e. The Kier molecular flexibility index (Phi) is 1.15. The minimum absolute atomic E-state index is 0.727. The first-order chi connectivity index (χ1) is 5.25. The van der Waals surface area contributed by atoms with Gasteiger partial charge in [-0.3, -0.25) is 0 Å². The molecule has 1 aromatic carbocycles. The minimum atomic E-state index is 0.727. The average molecular weight is 146 g/mol. The maximum atomic E-state index is 5.59. The van der Waals surface area contributed by atoms with Crippen LogP contribution in [-0.4, -0.2) is 4.98 Å². The number of aromatic nitrogens is 1. The standard InChI is InChI=1S/C9H10N2/c1-6-2-3-8-7(4-6)5-9(10)11-8/h2-5,11H,10H2,1H3. The van der Waals surface area contributed by atoms with Crippen molar-refractivity contribution in [3.63, 3.8) is 0 Å². The van der Waals surface area contributed by atoms with Crippen molar-refractivity contribution in [2.75, 3.05) is 5.73 Å². The lowest BCUT2D eigenvalue weighted by Gasteiger charge is -1.90. The lowest BCUT2D eigenvalue weighted by Crippen LogP contribution is -1.80. The summed E-state index contributed by atoms with van der Waals surface area (Å²) in [6, 6.07) is 8.17. The van der Waals surface area contributed by atoms with Gasteiger partial charge < -0.3 is 10.7 Å². The van der Waals surface area contributed by atoms with Crippen LogP contribution in [0.4, 0.5) is 5.82 Å². The summed E-state index contributed by atoms with van der Waals surface area (Å²) >= 11 is 0. The molecule has 56 valence electrons. The average Bonchev–Trinajstić information content (AvgIpc) is 2.27. The van der Waals surface area contributed by atoms with E-state index in [9.17, 15) is 0 Å². The Bertz CT molecular complexity index is 387. The number of aryl methyl sites for hydroxylation is 1. The normalized spacial score (nSPS) is 10.6. The van der Waals surface area contributed by atoms with Gasteiger partial charge in [0.2, 0.25) is 0 Å². The summed E-state index contributed by atoms with van der Waals surface area (Å²) in [6.45, 7) is 2.07. The molecule has 0 aliphatic carbocycles. The first-order valence-corrected chi connectivity index (χ1v) is 3.60. The number of nitrogens with two attached hydrogens (primary N) is 1. The van der Waals surface area contributed by atoms with Crippen LogP contribution in [0, 0.1) is 6.92 Å². The van der Waals surface area contributed by atoms with Gasteiger partial charge in [0, 0.05) is 10.9 Å². The van der Waals surface area contributed by atoms with Gasteiger partial charge in [0.05, 0.1) is 0 Å². The molecule has 11 heavy (non-hydrogen) atoms. The molecule has 0 spiro atoms. The second-order valence-corrected chi connectivity index (χ2v) is 2.82. The summed E-state index contributed by atoms with van der Waals surface area (Å²) in [5.41, 5.74) is 7.95. The van der Waals surface area contributed by atoms with E-state index in [0.717, 1.165) is 11.3 Å². The van der Waals surface area contributed by atoms with Gasteiger partial charge >= 0.3 is 0 Å². The Morgan fingerprint density at radius 1 is 1.27 bits per heavy atom. The number of nitrogens with one attached hydrogen (secondary N) is 1. The Labute approximate surface area is 65.0 Å². The molecule has 2 nitrogen and oxygen atoms in total. The van der Waals surface area contributed by atoms with Crippen LogP contribution in [0.1, 0.15) is 5.56 Å². The predicted molar refractivity (Wildman–Crippen MR) is 47.4 cm³/mol. The third-order valence-corrected chi connectivity index (χ3v) is 1.80. The molecule has 0 atom stereocenters. The number of benzene rings is 1. The van der Waals surface area contributed by atoms with E-state index in [-0.39, 0.29) is 0 Å². The molecule has 0 aliphatic heterocycles. The van der Waals surface area contributed by atoms with Crippen LogP contribution in [0.25, 0.3) is 10.9 Å². The van der Waals surface area contributed by atoms with E-state index < -0.39 is 0 Å². The van der Waals surface area contributed by atoms with Gasteiger partial charge in [-0.2, -0.15) is 0 Å². The maximum absolute atomic E-state index is 5.59. The molecule has 0 unspecified atom stereocenters. The molecular weight excluding hydrogens is 136 g/mol. The number of anilines is 1. The van der Waals surface area contributed by atoms with E-state index in [2.05, 4.69) is 24.0 Å². The summed E-state index contributed by atoms with van der Waals surface area (Å²) in [5, 5.41) is 1.18. The summed E-state index contributed by atoms with van der Waals surface area (Å²) in [7, 11) is 0. The number of rotatable bonds is 0. The van der Waals surface area contributed by atoms with Gasteiger partial charge in [-0.15, -0.1) is 0 Å². The Balaban J connectivity index is 2.82. The number of hydrogen-bond donors (Lipinski definition) is 2. The largest absolute Gasteiger partial charge is 0.385 e. The van der Waals surface area contributed by atoms with Crippen LogP contribution in [-0.2, 0) is 0 Å². The third kappa shape index (κ3) is 0.963. The van der Waals surface area contributed by atoms with Gasteiger partial charge in [-0.05, 0) is 25.1 Å². The van der Waals surface area contributed by atoms with Crippen molar-refractivity contribution >= 4 is 16.7 Å². The zero-order valence-electron chi connectivity index (χ0n) is 6.39. The fraction of sp³-hybridized carbons (Fsp3) is 0.111. The fourth-order valence-corrected chi connectivity index (χ4v) is 1.27. The van der Waals surface area contributed by atoms with Crippen LogP contribution in [0.3, 0.4) is 0 Å². The lowest BCUT2D eigenvalue weighted by atomic mass is 10.2. The van der Waals surface area contributed by atoms with Gasteiger partial charge in [-0.1, -0.05) is 11.6 Å². The summed E-state index contributed by atoms with van der Waals surface area (Å²) in [4.78, 5) is 3.06. The quantitative estimate of drug-likeness (QED) is 0.587. The van der Waals surface area contributed by atoms with E-state index in [1.807, 2.05) is 12.1 Å². The highest BCUT2D eigenvalue weighted by atomic mass is 14.8. The highest BCUT2D eigenvalue weighted by molar-refractivity contribution is 5.83. The highest BCUT2D eigenvalue weighted by Crippen LogP contribution is 2.17. The molecule has 0 bridgehead atoms. The Hall–Kier alpha value is -1.44. The molecule has 0 radical (unpaired) electrons. The molecule has 0 fully saturated rings. The topological polar surface area (TPSA) is 41.8 Å². The molecule has 0 amide bonds. The van der Waals surface area contributed by atoms with Crippen LogP contribution in [0.15, 0.2) is 24.3 Å². The zero-order valence-corrected chi connectivity index (χ0v) is 6.39. The van der Waals surface area contributed by atoms with Crippen LogP contribution < -0.4 is 5.73 Å². The third-order valence-electron chi connectivity index (χ3n) is 1.80.